The van der Waals surface area contributed by atoms with Gasteiger partial charge in [0.05, 0.1) is 11.4 Å². The van der Waals surface area contributed by atoms with E-state index in [1.807, 2.05) is 0 Å². The van der Waals surface area contributed by atoms with Crippen LogP contribution in [0.4, 0.5) is 0 Å². The summed E-state index contributed by atoms with van der Waals surface area (Å²) in [6.45, 7) is 0. The van der Waals surface area contributed by atoms with Crippen LogP contribution in [0.2, 0.25) is 0 Å². The Hall–Kier alpha value is -1.58. The van der Waals surface area contributed by atoms with E-state index in [4.69, 9.17) is 0 Å². The SMILES string of the molecule is [O-]/N=C1/C=CC=C/C1=N/[O-]. The van der Waals surface area contributed by atoms with Crippen molar-refractivity contribution in [3.05, 3.63) is 34.7 Å². The molecule has 0 fully saturated rings. The van der Waals surface area contributed by atoms with E-state index in [9.17, 15) is 10.4 Å². The van der Waals surface area contributed by atoms with E-state index in [1.165, 1.54) is 12.2 Å². The Morgan fingerprint density at radius 1 is 0.900 bits per heavy atom. The van der Waals surface area contributed by atoms with Crippen molar-refractivity contribution in [2.45, 2.75) is 0 Å². The summed E-state index contributed by atoms with van der Waals surface area (Å²) in [5.41, 5.74) is 0.162. The molecule has 0 heterocycles. The lowest BCUT2D eigenvalue weighted by molar-refractivity contribution is 1.58. The Labute approximate surface area is 57.5 Å². The summed E-state index contributed by atoms with van der Waals surface area (Å²) >= 11 is 0. The van der Waals surface area contributed by atoms with Crippen LogP contribution < -0.4 is 0 Å². The third-order valence-electron chi connectivity index (χ3n) is 1.08. The van der Waals surface area contributed by atoms with Crippen molar-refractivity contribution in [2.24, 2.45) is 10.3 Å². The highest BCUT2D eigenvalue weighted by atomic mass is 16.4. The van der Waals surface area contributed by atoms with Crippen molar-refractivity contribution in [1.82, 2.24) is 0 Å². The molecule has 0 spiro atoms. The first-order valence-electron chi connectivity index (χ1n) is 2.64. The molecule has 0 amide bonds. The topological polar surface area (TPSA) is 70.8 Å². The van der Waals surface area contributed by atoms with Crippen molar-refractivity contribution >= 4 is 11.4 Å². The molecule has 0 N–H and O–H groups in total. The molecule has 0 bridgehead atoms. The van der Waals surface area contributed by atoms with Crippen LogP contribution in [0.3, 0.4) is 0 Å². The molecule has 0 aromatic rings. The van der Waals surface area contributed by atoms with Crippen molar-refractivity contribution in [1.29, 1.82) is 0 Å². The van der Waals surface area contributed by atoms with E-state index in [2.05, 4.69) is 10.3 Å². The first-order valence-corrected chi connectivity index (χ1v) is 2.64. The molecule has 0 saturated heterocycles. The van der Waals surface area contributed by atoms with Gasteiger partial charge in [-0.25, -0.2) is 0 Å². The molecule has 0 atom stereocenters. The summed E-state index contributed by atoms with van der Waals surface area (Å²) in [5, 5.41) is 25.1. The maximum Gasteiger partial charge on any atom is 0.0768 e. The summed E-state index contributed by atoms with van der Waals surface area (Å²) in [4.78, 5) is 0. The summed E-state index contributed by atoms with van der Waals surface area (Å²) in [7, 11) is 0. The van der Waals surface area contributed by atoms with Gasteiger partial charge in [-0.15, -0.1) is 0 Å². The minimum absolute atomic E-state index is 0.0810. The van der Waals surface area contributed by atoms with Gasteiger partial charge in [0, 0.05) is 0 Å². The molecule has 0 aliphatic heterocycles. The molecule has 1 aliphatic rings. The van der Waals surface area contributed by atoms with Crippen LogP contribution in [0.15, 0.2) is 34.6 Å². The van der Waals surface area contributed by atoms with E-state index in [-0.39, 0.29) is 11.4 Å². The van der Waals surface area contributed by atoms with E-state index < -0.39 is 0 Å². The fraction of sp³-hybridized carbons (Fsp3) is 0. The first-order chi connectivity index (χ1) is 4.88. The van der Waals surface area contributed by atoms with Crippen molar-refractivity contribution in [3.63, 3.8) is 0 Å². The van der Waals surface area contributed by atoms with Crippen molar-refractivity contribution in [3.8, 4) is 0 Å². The van der Waals surface area contributed by atoms with Gasteiger partial charge >= 0.3 is 0 Å². The number of hydrogen-bond donors (Lipinski definition) is 0. The predicted molar refractivity (Wildman–Crippen MR) is 39.9 cm³/mol. The number of allylic oxidation sites excluding steroid dienone is 4. The van der Waals surface area contributed by atoms with Gasteiger partial charge in [0.2, 0.25) is 0 Å². The van der Waals surface area contributed by atoms with Crippen LogP contribution in [-0.2, 0) is 0 Å². The minimum Gasteiger partial charge on any atom is -0.791 e. The molecule has 0 aromatic carbocycles. The van der Waals surface area contributed by atoms with Crippen LogP contribution in [0.5, 0.6) is 0 Å². The zero-order chi connectivity index (χ0) is 7.40. The first kappa shape index (κ1) is 6.54. The van der Waals surface area contributed by atoms with Crippen molar-refractivity contribution in [2.75, 3.05) is 0 Å². The van der Waals surface area contributed by atoms with Gasteiger partial charge in [-0.1, -0.05) is 12.2 Å². The molecule has 0 radical (unpaired) electrons. The van der Waals surface area contributed by atoms with Gasteiger partial charge in [0.25, 0.3) is 0 Å². The van der Waals surface area contributed by atoms with E-state index in [0.717, 1.165) is 0 Å². The van der Waals surface area contributed by atoms with Gasteiger partial charge in [0.1, 0.15) is 0 Å². The Bertz CT molecular complexity index is 212. The lowest BCUT2D eigenvalue weighted by atomic mass is 10.1. The lowest BCUT2D eigenvalue weighted by Crippen LogP contribution is -2.09. The Morgan fingerprint density at radius 3 is 1.60 bits per heavy atom. The molecule has 4 heteroatoms. The summed E-state index contributed by atoms with van der Waals surface area (Å²) in [6.07, 6.45) is 6.10. The molecular weight excluding hydrogens is 132 g/mol. The number of nitrogens with zero attached hydrogens (tertiary/aromatic N) is 2. The zero-order valence-corrected chi connectivity index (χ0v) is 5.02. The van der Waals surface area contributed by atoms with E-state index >= 15 is 0 Å². The predicted octanol–water partition coefficient (Wildman–Crippen LogP) is 0.990. The summed E-state index contributed by atoms with van der Waals surface area (Å²) in [6, 6.07) is 0. The lowest BCUT2D eigenvalue weighted by Gasteiger charge is -2.08. The van der Waals surface area contributed by atoms with E-state index in [1.54, 1.807) is 12.2 Å². The van der Waals surface area contributed by atoms with Gasteiger partial charge in [-0.05, 0) is 12.2 Å². The molecule has 52 valence electrons. The maximum atomic E-state index is 9.94. The molecule has 0 saturated carbocycles. The normalized spacial score (nSPS) is 24.4. The fourth-order valence-electron chi connectivity index (χ4n) is 0.619. The second kappa shape index (κ2) is 2.82. The third-order valence-corrected chi connectivity index (χ3v) is 1.08. The van der Waals surface area contributed by atoms with Crippen LogP contribution >= 0.6 is 0 Å². The average Bonchev–Trinajstić information content (AvgIpc) is 2.04. The third kappa shape index (κ3) is 1.05. The van der Waals surface area contributed by atoms with Crippen LogP contribution in [0, 0.1) is 10.4 Å². The summed E-state index contributed by atoms with van der Waals surface area (Å²) < 4.78 is 0. The van der Waals surface area contributed by atoms with Crippen LogP contribution in [0.25, 0.3) is 0 Å². The quantitative estimate of drug-likeness (QED) is 0.368. The second-order valence-electron chi connectivity index (χ2n) is 1.67. The molecule has 0 aromatic heterocycles. The Morgan fingerprint density at radius 2 is 1.30 bits per heavy atom. The molecule has 1 aliphatic carbocycles. The minimum atomic E-state index is 0.0810. The van der Waals surface area contributed by atoms with Gasteiger partial charge < -0.3 is 20.7 Å². The van der Waals surface area contributed by atoms with Gasteiger partial charge in [-0.2, -0.15) is 0 Å². The largest absolute Gasteiger partial charge is 0.791 e. The Kier molecular flexibility index (Phi) is 1.84. The number of hydrogen-bond acceptors (Lipinski definition) is 4. The standard InChI is InChI=1S/C6H6N2O2/c9-7-5-3-1-2-4-6(5)8-10/h1-4,9-10H/p-2/b7-5-,8-6-. The van der Waals surface area contributed by atoms with Crippen LogP contribution in [-0.4, -0.2) is 11.4 Å². The van der Waals surface area contributed by atoms with Gasteiger partial charge in [-0.3, -0.25) is 0 Å². The summed E-state index contributed by atoms with van der Waals surface area (Å²) in [5.74, 6) is 0. The van der Waals surface area contributed by atoms with Crippen molar-refractivity contribution < 1.29 is 0 Å². The molecule has 4 nitrogen and oxygen atoms in total. The monoisotopic (exact) mass is 136 g/mol. The molecule has 1 rings (SSSR count). The molecular formula is C6H4N2O2-2. The molecule has 0 unspecified atom stereocenters. The number of rotatable bonds is 0. The highest BCUT2D eigenvalue weighted by Gasteiger charge is 1.99. The zero-order valence-electron chi connectivity index (χ0n) is 5.02. The Balaban J connectivity index is 2.96. The van der Waals surface area contributed by atoms with Gasteiger partial charge in [0.15, 0.2) is 0 Å². The van der Waals surface area contributed by atoms with Crippen LogP contribution in [0.1, 0.15) is 0 Å². The maximum absolute atomic E-state index is 9.94. The fourth-order valence-corrected chi connectivity index (χ4v) is 0.619. The highest BCUT2D eigenvalue weighted by molar-refractivity contribution is 6.51. The smallest absolute Gasteiger partial charge is 0.0768 e. The highest BCUT2D eigenvalue weighted by Crippen LogP contribution is 1.97. The second-order valence-corrected chi connectivity index (χ2v) is 1.67. The molecule has 10 heavy (non-hydrogen) atoms. The average molecular weight is 136 g/mol. The van der Waals surface area contributed by atoms with E-state index in [0.29, 0.717) is 0 Å².